The van der Waals surface area contributed by atoms with Crippen molar-refractivity contribution in [2.45, 2.75) is 18.2 Å². The van der Waals surface area contributed by atoms with Crippen molar-refractivity contribution in [1.29, 1.82) is 0 Å². The molecule has 0 radical (unpaired) electrons. The van der Waals surface area contributed by atoms with Gasteiger partial charge in [0.2, 0.25) is 11.1 Å². The molecule has 1 amide bonds. The van der Waals surface area contributed by atoms with E-state index in [2.05, 4.69) is 10.1 Å². The van der Waals surface area contributed by atoms with Crippen molar-refractivity contribution < 1.29 is 19.1 Å². The second-order valence-corrected chi connectivity index (χ2v) is 7.51. The van der Waals surface area contributed by atoms with Gasteiger partial charge in [-0.05, 0) is 29.1 Å². The molecule has 0 unspecified atom stereocenters. The number of hydrogen-bond donors (Lipinski definition) is 1. The number of carbonyl (C=O) groups excluding carboxylic acids is 1. The smallest absolute Gasteiger partial charge is 0.325 e. The molecule has 0 spiro atoms. The summed E-state index contributed by atoms with van der Waals surface area (Å²) in [4.78, 5) is 41.0. The van der Waals surface area contributed by atoms with Crippen LogP contribution in [0.25, 0.3) is 11.3 Å². The van der Waals surface area contributed by atoms with Crippen LogP contribution in [-0.2, 0) is 4.79 Å². The van der Waals surface area contributed by atoms with Gasteiger partial charge in [-0.3, -0.25) is 24.7 Å². The Labute approximate surface area is 180 Å². The zero-order chi connectivity index (χ0) is 22.3. The highest BCUT2D eigenvalue weighted by Crippen LogP contribution is 2.40. The fourth-order valence-electron chi connectivity index (χ4n) is 3.72. The van der Waals surface area contributed by atoms with Gasteiger partial charge in [0, 0.05) is 24.2 Å². The summed E-state index contributed by atoms with van der Waals surface area (Å²) in [5.74, 6) is 0.00408. The van der Waals surface area contributed by atoms with Crippen molar-refractivity contribution in [3.63, 3.8) is 0 Å². The molecule has 3 aromatic rings. The SMILES string of the molecule is COc1ccc([N+](=O)[O-])cc1[C@@H]1N(C(C)=O)c2ccccc2-c2c(=O)[nH]c(SC)n[n+]21. The number of methoxy groups -OCH3 is 1. The van der Waals surface area contributed by atoms with Crippen LogP contribution in [0.15, 0.2) is 52.4 Å². The molecule has 1 N–H and O–H groups in total. The van der Waals surface area contributed by atoms with Crippen molar-refractivity contribution in [3.8, 4) is 17.0 Å². The van der Waals surface area contributed by atoms with Crippen LogP contribution in [0.3, 0.4) is 0 Å². The van der Waals surface area contributed by atoms with Gasteiger partial charge in [0.25, 0.3) is 11.9 Å². The maximum absolute atomic E-state index is 13.0. The standard InChI is InChI=1S/C20H17N5O5S/c1-11(26)23-15-7-5-4-6-13(15)17-18(27)21-20(31-3)22-24(17)19(23)14-10-12(25(28)29)8-9-16(14)30-2/h4-10,19H,1-3H3/p+1/t19-/m1/s1. The molecule has 1 aliphatic rings. The van der Waals surface area contributed by atoms with Crippen LogP contribution in [0, 0.1) is 10.1 Å². The molecule has 4 rings (SSSR count). The zero-order valence-electron chi connectivity index (χ0n) is 16.9. The molecule has 1 aromatic heterocycles. The van der Waals surface area contributed by atoms with Crippen molar-refractivity contribution in [2.75, 3.05) is 18.3 Å². The van der Waals surface area contributed by atoms with E-state index < -0.39 is 11.1 Å². The third kappa shape index (κ3) is 3.32. The number of amides is 1. The molecule has 1 atom stereocenters. The van der Waals surface area contributed by atoms with E-state index in [1.165, 1.54) is 53.6 Å². The van der Waals surface area contributed by atoms with Gasteiger partial charge in [0.05, 0.1) is 28.8 Å². The van der Waals surface area contributed by atoms with Crippen molar-refractivity contribution >= 4 is 29.0 Å². The number of hydrogen-bond acceptors (Lipinski definition) is 7. The number of ether oxygens (including phenoxy) is 1. The Morgan fingerprint density at radius 2 is 2.06 bits per heavy atom. The summed E-state index contributed by atoms with van der Waals surface area (Å²) in [5.41, 5.74) is 1.04. The number of nitrogens with zero attached hydrogens (tertiary/aromatic N) is 4. The molecule has 0 fully saturated rings. The Bertz CT molecular complexity index is 1280. The van der Waals surface area contributed by atoms with Gasteiger partial charge in [0.1, 0.15) is 5.75 Å². The Kier molecular flexibility index (Phi) is 5.19. The molecular formula is C20H18N5O5S+. The molecule has 0 aliphatic carbocycles. The molecule has 1 aliphatic heterocycles. The topological polar surface area (TPSA) is 122 Å². The number of thioether (sulfide) groups is 1. The second kappa shape index (κ2) is 7.84. The molecule has 11 heteroatoms. The Balaban J connectivity index is 2.13. The number of fused-ring (bicyclic) bond motifs is 3. The fourth-order valence-corrected chi connectivity index (χ4v) is 4.09. The summed E-state index contributed by atoms with van der Waals surface area (Å²) in [7, 11) is 1.43. The lowest BCUT2D eigenvalue weighted by atomic mass is 10.0. The predicted octanol–water partition coefficient (Wildman–Crippen LogP) is 2.28. The number of aromatic amines is 1. The first-order chi connectivity index (χ1) is 14.9. The van der Waals surface area contributed by atoms with Crippen LogP contribution in [0.4, 0.5) is 11.4 Å². The zero-order valence-corrected chi connectivity index (χ0v) is 17.7. The quantitative estimate of drug-likeness (QED) is 0.286. The molecule has 31 heavy (non-hydrogen) atoms. The summed E-state index contributed by atoms with van der Waals surface area (Å²) >= 11 is 1.23. The van der Waals surface area contributed by atoms with Gasteiger partial charge in [-0.25, -0.2) is 4.90 Å². The minimum absolute atomic E-state index is 0.171. The second-order valence-electron chi connectivity index (χ2n) is 6.72. The first kappa shape index (κ1) is 20.5. The summed E-state index contributed by atoms with van der Waals surface area (Å²) in [6.45, 7) is 1.39. The minimum Gasteiger partial charge on any atom is -0.496 e. The Hall–Kier alpha value is -3.73. The third-order valence-corrected chi connectivity index (χ3v) is 5.56. The van der Waals surface area contributed by atoms with Crippen LogP contribution in [0.1, 0.15) is 18.7 Å². The Morgan fingerprint density at radius 3 is 2.71 bits per heavy atom. The molecule has 0 saturated carbocycles. The van der Waals surface area contributed by atoms with Gasteiger partial charge in [-0.1, -0.05) is 23.9 Å². The van der Waals surface area contributed by atoms with Gasteiger partial charge >= 0.3 is 11.3 Å². The minimum atomic E-state index is -0.967. The van der Waals surface area contributed by atoms with Crippen molar-refractivity contribution in [1.82, 2.24) is 10.1 Å². The first-order valence-corrected chi connectivity index (χ1v) is 10.4. The number of nitro benzene ring substituents is 1. The van der Waals surface area contributed by atoms with Crippen LogP contribution in [0.2, 0.25) is 0 Å². The predicted molar refractivity (Wildman–Crippen MR) is 113 cm³/mol. The average molecular weight is 440 g/mol. The van der Waals surface area contributed by atoms with E-state index in [9.17, 15) is 19.7 Å². The molecule has 0 saturated heterocycles. The first-order valence-electron chi connectivity index (χ1n) is 9.19. The normalized spacial score (nSPS) is 14.5. The van der Waals surface area contributed by atoms with E-state index >= 15 is 0 Å². The van der Waals surface area contributed by atoms with Gasteiger partial charge in [-0.2, -0.15) is 0 Å². The van der Waals surface area contributed by atoms with E-state index in [4.69, 9.17) is 4.74 Å². The largest absolute Gasteiger partial charge is 0.496 e. The van der Waals surface area contributed by atoms with Crippen LogP contribution in [-0.4, -0.2) is 34.3 Å². The van der Waals surface area contributed by atoms with E-state index in [-0.39, 0.29) is 22.8 Å². The third-order valence-electron chi connectivity index (χ3n) is 4.99. The lowest BCUT2D eigenvalue weighted by Crippen LogP contribution is -2.60. The highest BCUT2D eigenvalue weighted by atomic mass is 32.2. The number of aromatic nitrogens is 3. The number of nitrogens with one attached hydrogen (secondary N) is 1. The van der Waals surface area contributed by atoms with E-state index in [1.54, 1.807) is 30.5 Å². The Morgan fingerprint density at radius 1 is 1.32 bits per heavy atom. The number of non-ortho nitro benzene ring substituents is 1. The fraction of sp³-hybridized carbons (Fsp3) is 0.200. The number of anilines is 1. The number of para-hydroxylation sites is 1. The number of carbonyl (C=O) groups is 1. The maximum atomic E-state index is 13.0. The van der Waals surface area contributed by atoms with Gasteiger partial charge in [-0.15, -0.1) is 0 Å². The molecule has 0 bridgehead atoms. The number of H-pyrrole nitrogens is 1. The molecule has 158 valence electrons. The summed E-state index contributed by atoms with van der Waals surface area (Å²) < 4.78 is 6.88. The average Bonchev–Trinajstić information content (AvgIpc) is 2.76. The number of rotatable bonds is 4. The number of nitro groups is 1. The van der Waals surface area contributed by atoms with E-state index in [0.717, 1.165) is 0 Å². The van der Waals surface area contributed by atoms with E-state index in [1.807, 2.05) is 0 Å². The summed E-state index contributed by atoms with van der Waals surface area (Å²) in [6.07, 6.45) is 0.790. The highest BCUT2D eigenvalue weighted by Gasteiger charge is 2.46. The summed E-state index contributed by atoms with van der Waals surface area (Å²) in [6, 6.07) is 11.1. The van der Waals surface area contributed by atoms with Crippen molar-refractivity contribution in [2.24, 2.45) is 0 Å². The lowest BCUT2D eigenvalue weighted by Gasteiger charge is -2.31. The molecule has 10 nitrogen and oxygen atoms in total. The van der Waals surface area contributed by atoms with E-state index in [0.29, 0.717) is 27.7 Å². The van der Waals surface area contributed by atoms with Crippen molar-refractivity contribution in [3.05, 3.63) is 68.5 Å². The monoisotopic (exact) mass is 440 g/mol. The van der Waals surface area contributed by atoms with Crippen LogP contribution in [0.5, 0.6) is 5.75 Å². The van der Waals surface area contributed by atoms with Gasteiger partial charge in [0.15, 0.2) is 0 Å². The van der Waals surface area contributed by atoms with Crippen LogP contribution < -0.4 is 19.9 Å². The molecule has 2 aromatic carbocycles. The van der Waals surface area contributed by atoms with Crippen LogP contribution >= 0.6 is 11.8 Å². The number of benzene rings is 2. The summed E-state index contributed by atoms with van der Waals surface area (Å²) in [5, 5.41) is 16.3. The lowest BCUT2D eigenvalue weighted by molar-refractivity contribution is -0.763. The van der Waals surface area contributed by atoms with Gasteiger partial charge < -0.3 is 4.74 Å². The highest BCUT2D eigenvalue weighted by molar-refractivity contribution is 7.98. The maximum Gasteiger partial charge on any atom is 0.325 e. The molecule has 2 heterocycles. The molecular weight excluding hydrogens is 422 g/mol.